The molecule has 9 nitrogen and oxygen atoms in total. The molecule has 168 valence electrons. The van der Waals surface area contributed by atoms with Crippen molar-refractivity contribution in [2.24, 2.45) is 5.92 Å². The number of benzene rings is 1. The summed E-state index contributed by atoms with van der Waals surface area (Å²) >= 11 is 0. The predicted octanol–water partition coefficient (Wildman–Crippen LogP) is 2.99. The van der Waals surface area contributed by atoms with Crippen LogP contribution in [0.3, 0.4) is 0 Å². The number of amides is 1. The molecule has 1 fully saturated rings. The number of nitrogens with zero attached hydrogens (tertiary/aromatic N) is 6. The first-order valence-corrected chi connectivity index (χ1v) is 10.9. The molecule has 1 aliphatic heterocycles. The molecule has 0 spiro atoms. The van der Waals surface area contributed by atoms with Crippen molar-refractivity contribution < 1.29 is 14.3 Å². The molecule has 0 radical (unpaired) electrons. The van der Waals surface area contributed by atoms with Crippen LogP contribution in [0, 0.1) is 5.92 Å². The number of esters is 1. The smallest absolute Gasteiger partial charge is 0.354 e. The van der Waals surface area contributed by atoms with Crippen molar-refractivity contribution >= 4 is 11.9 Å². The van der Waals surface area contributed by atoms with E-state index in [1.807, 2.05) is 65.9 Å². The van der Waals surface area contributed by atoms with Gasteiger partial charge in [0, 0.05) is 30.9 Å². The molecule has 0 saturated carbocycles. The molecule has 1 amide bonds. The number of carbonyl (C=O) groups excluding carboxylic acids is 2. The fraction of sp³-hybridized carbons (Fsp3) is 0.435. The molecule has 0 N–H and O–H groups in total. The second kappa shape index (κ2) is 9.33. The SMILES string of the molecule is COC(=O)c1cccn1C1CCN(C(=O)C(C(C)C)n2nnc(-c3ccccc3)n2)CC1. The second-order valence-electron chi connectivity index (χ2n) is 8.34. The summed E-state index contributed by atoms with van der Waals surface area (Å²) in [5.41, 5.74) is 1.40. The molecular weight excluding hydrogens is 408 g/mol. The lowest BCUT2D eigenvalue weighted by molar-refractivity contribution is -0.138. The van der Waals surface area contributed by atoms with Crippen molar-refractivity contribution in [1.82, 2.24) is 29.7 Å². The van der Waals surface area contributed by atoms with Gasteiger partial charge in [-0.15, -0.1) is 10.2 Å². The number of rotatable bonds is 6. The highest BCUT2D eigenvalue weighted by atomic mass is 16.5. The van der Waals surface area contributed by atoms with E-state index in [2.05, 4.69) is 15.4 Å². The molecule has 1 atom stereocenters. The van der Waals surface area contributed by atoms with Gasteiger partial charge in [-0.05, 0) is 36.1 Å². The Morgan fingerprint density at radius 2 is 1.78 bits per heavy atom. The van der Waals surface area contributed by atoms with Gasteiger partial charge in [-0.2, -0.15) is 4.80 Å². The molecule has 1 saturated heterocycles. The number of hydrogen-bond acceptors (Lipinski definition) is 6. The van der Waals surface area contributed by atoms with Gasteiger partial charge in [0.1, 0.15) is 5.69 Å². The van der Waals surface area contributed by atoms with Gasteiger partial charge in [-0.1, -0.05) is 44.2 Å². The Morgan fingerprint density at radius 1 is 1.06 bits per heavy atom. The maximum Gasteiger partial charge on any atom is 0.354 e. The maximum atomic E-state index is 13.4. The Balaban J connectivity index is 1.46. The van der Waals surface area contributed by atoms with Crippen LogP contribution in [-0.2, 0) is 9.53 Å². The van der Waals surface area contributed by atoms with Crippen LogP contribution >= 0.6 is 0 Å². The number of likely N-dealkylation sites (tertiary alicyclic amines) is 1. The van der Waals surface area contributed by atoms with Crippen molar-refractivity contribution in [1.29, 1.82) is 0 Å². The van der Waals surface area contributed by atoms with E-state index in [9.17, 15) is 9.59 Å². The van der Waals surface area contributed by atoms with Crippen LogP contribution in [0.1, 0.15) is 49.3 Å². The molecule has 4 rings (SSSR count). The third-order valence-electron chi connectivity index (χ3n) is 5.94. The van der Waals surface area contributed by atoms with E-state index in [0.717, 1.165) is 18.4 Å². The maximum absolute atomic E-state index is 13.4. The second-order valence-corrected chi connectivity index (χ2v) is 8.34. The molecule has 0 aliphatic carbocycles. The fourth-order valence-corrected chi connectivity index (χ4v) is 4.24. The summed E-state index contributed by atoms with van der Waals surface area (Å²) in [5.74, 6) is 0.162. The van der Waals surface area contributed by atoms with Crippen molar-refractivity contribution in [3.05, 3.63) is 54.4 Å². The van der Waals surface area contributed by atoms with Crippen LogP contribution in [0.25, 0.3) is 11.4 Å². The van der Waals surface area contributed by atoms with Gasteiger partial charge >= 0.3 is 5.97 Å². The highest BCUT2D eigenvalue weighted by Gasteiger charge is 2.34. The lowest BCUT2D eigenvalue weighted by atomic mass is 9.99. The van der Waals surface area contributed by atoms with Gasteiger partial charge in [0.05, 0.1) is 7.11 Å². The minimum absolute atomic E-state index is 0.00356. The Morgan fingerprint density at radius 3 is 2.44 bits per heavy atom. The number of tetrazole rings is 1. The average molecular weight is 437 g/mol. The Hall–Kier alpha value is -3.49. The van der Waals surface area contributed by atoms with Crippen LogP contribution in [0.2, 0.25) is 0 Å². The van der Waals surface area contributed by atoms with E-state index in [1.165, 1.54) is 11.9 Å². The standard InChI is InChI=1S/C23H28N6O3/c1-16(2)20(29-25-21(24-26-29)17-8-5-4-6-9-17)22(30)27-14-11-18(12-15-27)28-13-7-10-19(28)23(31)32-3/h4-10,13,16,18,20H,11-12,14-15H2,1-3H3. The van der Waals surface area contributed by atoms with Crippen molar-refractivity contribution in [3.63, 3.8) is 0 Å². The van der Waals surface area contributed by atoms with E-state index >= 15 is 0 Å². The zero-order valence-corrected chi connectivity index (χ0v) is 18.6. The molecule has 9 heteroatoms. The number of hydrogen-bond donors (Lipinski definition) is 0. The van der Waals surface area contributed by atoms with Gasteiger partial charge in [0.25, 0.3) is 0 Å². The Bertz CT molecular complexity index is 1070. The van der Waals surface area contributed by atoms with E-state index < -0.39 is 6.04 Å². The summed E-state index contributed by atoms with van der Waals surface area (Å²) in [7, 11) is 1.38. The van der Waals surface area contributed by atoms with Crippen molar-refractivity contribution in [2.45, 2.75) is 38.8 Å². The van der Waals surface area contributed by atoms with Crippen molar-refractivity contribution in [2.75, 3.05) is 20.2 Å². The summed E-state index contributed by atoms with van der Waals surface area (Å²) in [6.45, 7) is 5.18. The molecule has 2 aromatic heterocycles. The zero-order valence-electron chi connectivity index (χ0n) is 18.6. The summed E-state index contributed by atoms with van der Waals surface area (Å²) in [5, 5.41) is 12.9. The van der Waals surface area contributed by atoms with E-state index in [-0.39, 0.29) is 23.8 Å². The molecule has 1 aromatic carbocycles. The third kappa shape index (κ3) is 4.28. The minimum Gasteiger partial charge on any atom is -0.464 e. The molecule has 1 unspecified atom stereocenters. The fourth-order valence-electron chi connectivity index (χ4n) is 4.24. The molecule has 3 heterocycles. The lowest BCUT2D eigenvalue weighted by Crippen LogP contribution is -2.44. The quantitative estimate of drug-likeness (QED) is 0.551. The third-order valence-corrected chi connectivity index (χ3v) is 5.94. The number of piperidine rings is 1. The van der Waals surface area contributed by atoms with Crippen LogP contribution in [-0.4, -0.2) is 61.8 Å². The van der Waals surface area contributed by atoms with Crippen LogP contribution < -0.4 is 0 Å². The Kier molecular flexibility index (Phi) is 6.34. The minimum atomic E-state index is -0.520. The van der Waals surface area contributed by atoms with Gasteiger partial charge < -0.3 is 14.2 Å². The van der Waals surface area contributed by atoms with Crippen LogP contribution in [0.4, 0.5) is 0 Å². The van der Waals surface area contributed by atoms with Gasteiger partial charge in [0.2, 0.25) is 11.7 Å². The summed E-state index contributed by atoms with van der Waals surface area (Å²) in [6, 6.07) is 12.8. The van der Waals surface area contributed by atoms with Gasteiger partial charge in [0.15, 0.2) is 6.04 Å². The monoisotopic (exact) mass is 436 g/mol. The summed E-state index contributed by atoms with van der Waals surface area (Å²) in [6.07, 6.45) is 3.42. The molecule has 32 heavy (non-hydrogen) atoms. The zero-order chi connectivity index (χ0) is 22.7. The van der Waals surface area contributed by atoms with E-state index in [0.29, 0.717) is 24.6 Å². The molecule has 1 aliphatic rings. The lowest BCUT2D eigenvalue weighted by Gasteiger charge is -2.35. The highest BCUT2D eigenvalue weighted by Crippen LogP contribution is 2.28. The predicted molar refractivity (Wildman–Crippen MR) is 118 cm³/mol. The summed E-state index contributed by atoms with van der Waals surface area (Å²) in [4.78, 5) is 28.7. The first-order valence-electron chi connectivity index (χ1n) is 10.9. The number of carbonyl (C=O) groups is 2. The van der Waals surface area contributed by atoms with E-state index in [4.69, 9.17) is 4.74 Å². The number of methoxy groups -OCH3 is 1. The molecule has 0 bridgehead atoms. The number of ether oxygens (including phenoxy) is 1. The van der Waals surface area contributed by atoms with Gasteiger partial charge in [-0.3, -0.25) is 4.79 Å². The van der Waals surface area contributed by atoms with E-state index in [1.54, 1.807) is 6.07 Å². The largest absolute Gasteiger partial charge is 0.464 e. The normalized spacial score (nSPS) is 15.7. The first-order chi connectivity index (χ1) is 15.5. The highest BCUT2D eigenvalue weighted by molar-refractivity contribution is 5.87. The topological polar surface area (TPSA) is 95.1 Å². The van der Waals surface area contributed by atoms with Gasteiger partial charge in [-0.25, -0.2) is 4.79 Å². The number of aromatic nitrogens is 5. The summed E-state index contributed by atoms with van der Waals surface area (Å²) < 4.78 is 6.84. The van der Waals surface area contributed by atoms with Crippen LogP contribution in [0.5, 0.6) is 0 Å². The molecular formula is C23H28N6O3. The Labute approximate surface area is 187 Å². The van der Waals surface area contributed by atoms with Crippen molar-refractivity contribution in [3.8, 4) is 11.4 Å². The van der Waals surface area contributed by atoms with Crippen LogP contribution in [0.15, 0.2) is 48.7 Å². The first kappa shape index (κ1) is 21.7. The molecule has 3 aromatic rings. The average Bonchev–Trinajstić information content (AvgIpc) is 3.49.